The zero-order valence-corrected chi connectivity index (χ0v) is 32.1. The van der Waals surface area contributed by atoms with Crippen LogP contribution in [0, 0.1) is 0 Å². The van der Waals surface area contributed by atoms with E-state index in [2.05, 4.69) is 203 Å². The van der Waals surface area contributed by atoms with Crippen molar-refractivity contribution in [3.05, 3.63) is 194 Å². The van der Waals surface area contributed by atoms with E-state index in [1.165, 1.54) is 37.6 Å². The number of pyridine rings is 1. The van der Waals surface area contributed by atoms with Crippen molar-refractivity contribution < 1.29 is 0 Å². The Labute approximate surface area is 334 Å². The lowest BCUT2D eigenvalue weighted by Crippen LogP contribution is -2.09. The van der Waals surface area contributed by atoms with Crippen LogP contribution < -0.4 is 0 Å². The summed E-state index contributed by atoms with van der Waals surface area (Å²) in [5.41, 5.74) is 11.0. The number of benzene rings is 7. The van der Waals surface area contributed by atoms with Gasteiger partial charge in [-0.1, -0.05) is 146 Å². The monoisotopic (exact) mass is 748 g/mol. The zero-order chi connectivity index (χ0) is 37.9. The van der Waals surface area contributed by atoms with Gasteiger partial charge in [-0.25, -0.2) is 9.98 Å². The molecule has 0 saturated carbocycles. The summed E-state index contributed by atoms with van der Waals surface area (Å²) in [6, 6.07) is 60.9. The van der Waals surface area contributed by atoms with Crippen molar-refractivity contribution in [1.29, 1.82) is 0 Å². The summed E-state index contributed by atoms with van der Waals surface area (Å²) in [6.07, 6.45) is 9.56. The first kappa shape index (κ1) is 33.4. The summed E-state index contributed by atoms with van der Waals surface area (Å²) in [6.45, 7) is 0. The van der Waals surface area contributed by atoms with Crippen LogP contribution in [-0.2, 0) is 0 Å². The molecule has 57 heavy (non-hydrogen) atoms. The number of para-hydroxylation sites is 2. The molecule has 11 rings (SSSR count). The van der Waals surface area contributed by atoms with Gasteiger partial charge < -0.3 is 0 Å². The largest absolute Gasteiger partial charge is 0.294 e. The molecule has 10 aromatic rings. The van der Waals surface area contributed by atoms with Crippen LogP contribution in [-0.4, -0.2) is 26.2 Å². The van der Waals surface area contributed by atoms with Crippen LogP contribution in [0.1, 0.15) is 12.0 Å². The normalized spacial score (nSPS) is 13.1. The van der Waals surface area contributed by atoms with E-state index in [-0.39, 0.29) is 0 Å². The molecule has 0 fully saturated rings. The molecule has 5 heteroatoms. The first-order valence-electron chi connectivity index (χ1n) is 19.3. The summed E-state index contributed by atoms with van der Waals surface area (Å²) in [5.74, 6) is 1.81. The molecule has 0 atom stereocenters. The second-order valence-corrected chi connectivity index (χ2v) is 15.3. The van der Waals surface area contributed by atoms with Crippen molar-refractivity contribution in [2.24, 2.45) is 4.99 Å². The van der Waals surface area contributed by atoms with Gasteiger partial charge in [0.25, 0.3) is 0 Å². The fraction of sp³-hybridized carbons (Fsp3) is 0.0385. The maximum atomic E-state index is 5.59. The smallest absolute Gasteiger partial charge is 0.146 e. The van der Waals surface area contributed by atoms with Gasteiger partial charge in [0.15, 0.2) is 0 Å². The number of thioether (sulfide) groups is 1. The third kappa shape index (κ3) is 5.54. The predicted molar refractivity (Wildman–Crippen MR) is 243 cm³/mol. The van der Waals surface area contributed by atoms with Gasteiger partial charge in [-0.15, -0.1) is 11.8 Å². The Morgan fingerprint density at radius 3 is 1.88 bits per heavy atom. The lowest BCUT2D eigenvalue weighted by atomic mass is 10.0. The number of aromatic nitrogens is 3. The van der Waals surface area contributed by atoms with E-state index in [9.17, 15) is 0 Å². The van der Waals surface area contributed by atoms with E-state index in [0.717, 1.165) is 73.4 Å². The molecule has 4 heterocycles. The molecule has 1 aliphatic rings. The minimum absolute atomic E-state index is 0.815. The lowest BCUT2D eigenvalue weighted by Gasteiger charge is -2.15. The first-order valence-corrected chi connectivity index (χ1v) is 20.6. The standard InChI is InChI=1S/C52H36N4S/c1-57-50-31-37(28-29-38(50)34-16-4-2-5-17-34)45-30-36-20-8-9-21-39(36)52(54-45)56-47-26-14-11-23-41(47)43-32-42-40-22-10-13-25-46(40)55(48(42)33-49(43)56)51-27-15-12-24-44(53-51)35-18-6-3-7-19-35/h2-11,13-33H,12H2,1H3. The van der Waals surface area contributed by atoms with E-state index >= 15 is 0 Å². The first-order chi connectivity index (χ1) is 28.2. The lowest BCUT2D eigenvalue weighted by molar-refractivity contribution is 1.10. The number of rotatable bonds is 5. The van der Waals surface area contributed by atoms with E-state index in [1.54, 1.807) is 11.8 Å². The van der Waals surface area contributed by atoms with Crippen molar-refractivity contribution in [3.63, 3.8) is 0 Å². The Kier molecular flexibility index (Phi) is 8.00. The Morgan fingerprint density at radius 2 is 1.14 bits per heavy atom. The van der Waals surface area contributed by atoms with Gasteiger partial charge in [-0.3, -0.25) is 9.13 Å². The zero-order valence-electron chi connectivity index (χ0n) is 31.3. The van der Waals surface area contributed by atoms with Gasteiger partial charge in [0.2, 0.25) is 0 Å². The average Bonchev–Trinajstić information content (AvgIpc) is 3.64. The molecule has 0 saturated heterocycles. The van der Waals surface area contributed by atoms with Gasteiger partial charge >= 0.3 is 0 Å². The molecular formula is C52H36N4S. The van der Waals surface area contributed by atoms with Gasteiger partial charge in [0.1, 0.15) is 11.7 Å². The van der Waals surface area contributed by atoms with E-state index < -0.39 is 0 Å². The van der Waals surface area contributed by atoms with Crippen LogP contribution in [0.4, 0.5) is 0 Å². The quantitative estimate of drug-likeness (QED) is 0.164. The van der Waals surface area contributed by atoms with E-state index in [0.29, 0.717) is 0 Å². The second-order valence-electron chi connectivity index (χ2n) is 14.5. The molecule has 0 unspecified atom stereocenters. The Bertz CT molecular complexity index is 3290. The van der Waals surface area contributed by atoms with Crippen LogP contribution in [0.2, 0.25) is 0 Å². The van der Waals surface area contributed by atoms with Crippen LogP contribution in [0.15, 0.2) is 198 Å². The van der Waals surface area contributed by atoms with E-state index in [1.807, 2.05) is 0 Å². The Morgan fingerprint density at radius 1 is 0.509 bits per heavy atom. The van der Waals surface area contributed by atoms with Crippen molar-refractivity contribution in [3.8, 4) is 28.2 Å². The molecule has 0 N–H and O–H groups in total. The van der Waals surface area contributed by atoms with Crippen molar-refractivity contribution in [2.45, 2.75) is 11.3 Å². The van der Waals surface area contributed by atoms with Crippen molar-refractivity contribution >= 4 is 77.7 Å². The molecule has 0 amide bonds. The molecule has 0 spiro atoms. The number of hydrogen-bond acceptors (Lipinski definition) is 3. The Hall–Kier alpha value is -6.95. The minimum atomic E-state index is 0.815. The summed E-state index contributed by atoms with van der Waals surface area (Å²) < 4.78 is 4.72. The van der Waals surface area contributed by atoms with Crippen molar-refractivity contribution in [1.82, 2.24) is 14.1 Å². The number of allylic oxidation sites excluding steroid dienone is 3. The summed E-state index contributed by atoms with van der Waals surface area (Å²) >= 11 is 1.77. The predicted octanol–water partition coefficient (Wildman–Crippen LogP) is 13.7. The van der Waals surface area contributed by atoms with Crippen LogP contribution >= 0.6 is 11.8 Å². The highest BCUT2D eigenvalue weighted by molar-refractivity contribution is 7.98. The third-order valence-electron chi connectivity index (χ3n) is 11.2. The molecule has 4 nitrogen and oxygen atoms in total. The van der Waals surface area contributed by atoms with Gasteiger partial charge in [-0.05, 0) is 77.2 Å². The van der Waals surface area contributed by atoms with Crippen LogP contribution in [0.5, 0.6) is 0 Å². The summed E-state index contributed by atoms with van der Waals surface area (Å²) in [4.78, 5) is 12.2. The summed E-state index contributed by atoms with van der Waals surface area (Å²) in [5, 5.41) is 7.03. The highest BCUT2D eigenvalue weighted by Gasteiger charge is 2.22. The van der Waals surface area contributed by atoms with Gasteiger partial charge in [0.05, 0.1) is 33.5 Å². The number of aliphatic imine (C=N–C) groups is 1. The highest BCUT2D eigenvalue weighted by Crippen LogP contribution is 2.41. The molecule has 270 valence electrons. The minimum Gasteiger partial charge on any atom is -0.294 e. The van der Waals surface area contributed by atoms with E-state index in [4.69, 9.17) is 9.98 Å². The molecule has 1 aliphatic heterocycles. The number of fused-ring (bicyclic) bond motifs is 7. The van der Waals surface area contributed by atoms with Gasteiger partial charge in [0, 0.05) is 37.4 Å². The molecule has 7 aromatic carbocycles. The fourth-order valence-electron chi connectivity index (χ4n) is 8.59. The topological polar surface area (TPSA) is 35.1 Å². The van der Waals surface area contributed by atoms with Crippen LogP contribution in [0.3, 0.4) is 0 Å². The summed E-state index contributed by atoms with van der Waals surface area (Å²) in [7, 11) is 0. The number of hydrogen-bond donors (Lipinski definition) is 0. The molecule has 3 aromatic heterocycles. The highest BCUT2D eigenvalue weighted by atomic mass is 32.2. The fourth-order valence-corrected chi connectivity index (χ4v) is 9.24. The number of nitrogens with zero attached hydrogens (tertiary/aromatic N) is 4. The van der Waals surface area contributed by atoms with Crippen LogP contribution in [0.25, 0.3) is 88.3 Å². The SMILES string of the molecule is CSc1cc(-c2cc3ccccc3c(-n3c4ccccc4c4cc5c6ccccc6n(C6=NC(c7ccccc7)=CCC=C6)c5cc43)n2)ccc1-c1ccccc1. The van der Waals surface area contributed by atoms with Gasteiger partial charge in [-0.2, -0.15) is 0 Å². The molecule has 0 bridgehead atoms. The maximum absolute atomic E-state index is 5.59. The second kappa shape index (κ2) is 13.7. The Balaban J connectivity index is 1.18. The maximum Gasteiger partial charge on any atom is 0.146 e. The molecule has 0 aliphatic carbocycles. The molecule has 0 radical (unpaired) electrons. The van der Waals surface area contributed by atoms with Crippen molar-refractivity contribution in [2.75, 3.05) is 6.26 Å². The third-order valence-corrected chi connectivity index (χ3v) is 12.0. The average molecular weight is 749 g/mol. The molecular weight excluding hydrogens is 713 g/mol.